The van der Waals surface area contributed by atoms with Gasteiger partial charge in [-0.1, -0.05) is 0 Å². The predicted octanol–water partition coefficient (Wildman–Crippen LogP) is -0.192. The number of imidazole rings is 1. The van der Waals surface area contributed by atoms with Gasteiger partial charge in [0.05, 0.1) is 6.33 Å². The smallest absolute Gasteiger partial charge is 0.167 e. The van der Waals surface area contributed by atoms with E-state index in [1.54, 1.807) is 11.6 Å². The maximum atomic E-state index is 10.1. The van der Waals surface area contributed by atoms with Crippen molar-refractivity contribution in [2.24, 2.45) is 0 Å². The highest BCUT2D eigenvalue weighted by atomic mass is 32.2. The summed E-state index contributed by atoms with van der Waals surface area (Å²) in [6.45, 7) is 0. The molecule has 1 aliphatic heterocycles. The molecule has 0 amide bonds. The van der Waals surface area contributed by atoms with Gasteiger partial charge in [0.2, 0.25) is 0 Å². The maximum Gasteiger partial charge on any atom is 0.167 e. The summed E-state index contributed by atoms with van der Waals surface area (Å²) >= 11 is 1.35. The van der Waals surface area contributed by atoms with E-state index in [1.807, 2.05) is 6.26 Å². The van der Waals surface area contributed by atoms with E-state index in [9.17, 15) is 10.2 Å². The van der Waals surface area contributed by atoms with Gasteiger partial charge >= 0.3 is 0 Å². The molecule has 1 aliphatic rings. The van der Waals surface area contributed by atoms with Crippen molar-refractivity contribution in [1.82, 2.24) is 19.5 Å². The van der Waals surface area contributed by atoms with Crippen molar-refractivity contribution in [3.05, 3.63) is 12.7 Å². The summed E-state index contributed by atoms with van der Waals surface area (Å²) in [6.07, 6.45) is 2.07. The number of rotatable bonds is 3. The third kappa shape index (κ3) is 1.94. The number of fused-ring (bicyclic) bond motifs is 1. The number of nitrogens with zero attached hydrogens (tertiary/aromatic N) is 4. The lowest BCUT2D eigenvalue weighted by molar-refractivity contribution is -0.0192. The summed E-state index contributed by atoms with van der Waals surface area (Å²) in [6, 6.07) is 0. The Labute approximate surface area is 119 Å². The molecule has 2 aromatic rings. The van der Waals surface area contributed by atoms with E-state index in [0.29, 0.717) is 17.0 Å². The molecule has 4 atom stereocenters. The van der Waals surface area contributed by atoms with Gasteiger partial charge < -0.3 is 20.3 Å². The Morgan fingerprint density at radius 3 is 2.75 bits per heavy atom. The monoisotopic (exact) mass is 297 g/mol. The van der Waals surface area contributed by atoms with E-state index < -0.39 is 23.9 Å². The van der Waals surface area contributed by atoms with Crippen molar-refractivity contribution >= 4 is 28.7 Å². The molecule has 20 heavy (non-hydrogen) atoms. The van der Waals surface area contributed by atoms with Crippen molar-refractivity contribution < 1.29 is 14.9 Å². The molecule has 3 rings (SSSR count). The number of ether oxygens (including phenoxy) is 1. The SMILES string of the molecule is CNc1ncnc2c1ncn2[C@@H]1O[C@H](SC)[C@@H](O)[C@H]1O. The largest absolute Gasteiger partial charge is 0.387 e. The first-order chi connectivity index (χ1) is 9.67. The van der Waals surface area contributed by atoms with Crippen LogP contribution in [0.2, 0.25) is 0 Å². The molecule has 0 radical (unpaired) electrons. The Kier molecular flexibility index (Phi) is 3.50. The minimum absolute atomic E-state index is 0.474. The molecular formula is C11H15N5O3S. The first-order valence-corrected chi connectivity index (χ1v) is 7.36. The topological polar surface area (TPSA) is 105 Å². The van der Waals surface area contributed by atoms with Gasteiger partial charge in [-0.3, -0.25) is 4.57 Å². The van der Waals surface area contributed by atoms with Crippen LogP contribution in [0.4, 0.5) is 5.82 Å². The van der Waals surface area contributed by atoms with E-state index in [4.69, 9.17) is 4.74 Å². The fraction of sp³-hybridized carbons (Fsp3) is 0.545. The van der Waals surface area contributed by atoms with Crippen LogP contribution in [0.25, 0.3) is 11.2 Å². The second-order valence-corrected chi connectivity index (χ2v) is 5.34. The number of aliphatic hydroxyl groups excluding tert-OH is 2. The van der Waals surface area contributed by atoms with Gasteiger partial charge in [0.15, 0.2) is 17.7 Å². The molecule has 1 fully saturated rings. The van der Waals surface area contributed by atoms with E-state index in [-0.39, 0.29) is 0 Å². The van der Waals surface area contributed by atoms with Crippen LogP contribution in [0.3, 0.4) is 0 Å². The average Bonchev–Trinajstić information content (AvgIpc) is 3.01. The normalized spacial score (nSPS) is 30.0. The molecule has 0 spiro atoms. The molecule has 2 aromatic heterocycles. The molecular weight excluding hydrogens is 282 g/mol. The Morgan fingerprint density at radius 2 is 2.10 bits per heavy atom. The molecule has 0 saturated carbocycles. The van der Waals surface area contributed by atoms with Gasteiger partial charge in [0.25, 0.3) is 0 Å². The lowest BCUT2D eigenvalue weighted by Crippen LogP contribution is -2.30. The quantitative estimate of drug-likeness (QED) is 0.716. The third-order valence-electron chi connectivity index (χ3n) is 3.30. The Morgan fingerprint density at radius 1 is 1.30 bits per heavy atom. The minimum atomic E-state index is -1.03. The second-order valence-electron chi connectivity index (χ2n) is 4.41. The van der Waals surface area contributed by atoms with Crippen LogP contribution in [0, 0.1) is 0 Å². The minimum Gasteiger partial charge on any atom is -0.387 e. The van der Waals surface area contributed by atoms with Gasteiger partial charge in [0.1, 0.15) is 29.5 Å². The molecule has 8 nitrogen and oxygen atoms in total. The molecule has 0 bridgehead atoms. The number of thioether (sulfide) groups is 1. The molecule has 1 saturated heterocycles. The van der Waals surface area contributed by atoms with Crippen molar-refractivity contribution in [2.45, 2.75) is 23.9 Å². The lowest BCUT2D eigenvalue weighted by Gasteiger charge is -2.16. The third-order valence-corrected chi connectivity index (χ3v) is 4.15. The van der Waals surface area contributed by atoms with Crippen LogP contribution in [0.5, 0.6) is 0 Å². The zero-order chi connectivity index (χ0) is 14.3. The highest BCUT2D eigenvalue weighted by Crippen LogP contribution is 2.35. The van der Waals surface area contributed by atoms with Crippen molar-refractivity contribution in [2.75, 3.05) is 18.6 Å². The number of hydrogen-bond acceptors (Lipinski definition) is 8. The standard InChI is InChI=1S/C11H15N5O3S/c1-12-8-5-9(14-3-13-8)16(4-15-5)10-6(17)7(18)11(19-10)20-2/h3-4,6-7,10-11,17-18H,1-2H3,(H,12,13,14)/t6-,7+,10-,11-/m1/s1. The van der Waals surface area contributed by atoms with Gasteiger partial charge in [-0.05, 0) is 6.26 Å². The van der Waals surface area contributed by atoms with Gasteiger partial charge in [-0.15, -0.1) is 11.8 Å². The Balaban J connectivity index is 2.03. The van der Waals surface area contributed by atoms with Crippen LogP contribution in [0.1, 0.15) is 6.23 Å². The first kappa shape index (κ1) is 13.6. The van der Waals surface area contributed by atoms with Crippen molar-refractivity contribution in [1.29, 1.82) is 0 Å². The van der Waals surface area contributed by atoms with Crippen LogP contribution in [0.15, 0.2) is 12.7 Å². The van der Waals surface area contributed by atoms with E-state index in [0.717, 1.165) is 0 Å². The molecule has 9 heteroatoms. The Hall–Kier alpha value is -1.42. The molecule has 0 aliphatic carbocycles. The van der Waals surface area contributed by atoms with Crippen LogP contribution < -0.4 is 5.32 Å². The maximum absolute atomic E-state index is 10.1. The zero-order valence-electron chi connectivity index (χ0n) is 11.0. The highest BCUT2D eigenvalue weighted by molar-refractivity contribution is 7.99. The summed E-state index contributed by atoms with van der Waals surface area (Å²) in [7, 11) is 1.75. The second kappa shape index (κ2) is 5.17. The van der Waals surface area contributed by atoms with Gasteiger partial charge in [-0.25, -0.2) is 15.0 Å². The number of nitrogens with one attached hydrogen (secondary N) is 1. The van der Waals surface area contributed by atoms with E-state index in [2.05, 4.69) is 20.3 Å². The van der Waals surface area contributed by atoms with Crippen molar-refractivity contribution in [3.8, 4) is 0 Å². The summed E-state index contributed by atoms with van der Waals surface area (Å²) in [5.74, 6) is 0.600. The summed E-state index contributed by atoms with van der Waals surface area (Å²) in [5, 5.41) is 23.0. The summed E-state index contributed by atoms with van der Waals surface area (Å²) in [5.41, 5.74) is 0.660. The Bertz CT molecular complexity index is 621. The number of aliphatic hydroxyl groups is 2. The predicted molar refractivity (Wildman–Crippen MR) is 74.3 cm³/mol. The van der Waals surface area contributed by atoms with Crippen molar-refractivity contribution in [3.63, 3.8) is 0 Å². The molecule has 108 valence electrons. The van der Waals surface area contributed by atoms with Crippen LogP contribution in [-0.4, -0.2) is 60.7 Å². The molecule has 3 N–H and O–H groups in total. The average molecular weight is 297 g/mol. The van der Waals surface area contributed by atoms with E-state index in [1.165, 1.54) is 24.4 Å². The van der Waals surface area contributed by atoms with Crippen LogP contribution in [-0.2, 0) is 4.74 Å². The zero-order valence-corrected chi connectivity index (χ0v) is 11.8. The lowest BCUT2D eigenvalue weighted by atomic mass is 10.2. The highest BCUT2D eigenvalue weighted by Gasteiger charge is 2.44. The number of anilines is 1. The van der Waals surface area contributed by atoms with Gasteiger partial charge in [-0.2, -0.15) is 0 Å². The number of aromatic nitrogens is 4. The summed E-state index contributed by atoms with van der Waals surface area (Å²) in [4.78, 5) is 12.5. The van der Waals surface area contributed by atoms with Crippen LogP contribution >= 0.6 is 11.8 Å². The molecule has 0 aromatic carbocycles. The fourth-order valence-corrected chi connectivity index (χ4v) is 2.94. The first-order valence-electron chi connectivity index (χ1n) is 6.07. The fourth-order valence-electron chi connectivity index (χ4n) is 2.27. The number of hydrogen-bond donors (Lipinski definition) is 3. The van der Waals surface area contributed by atoms with E-state index >= 15 is 0 Å². The summed E-state index contributed by atoms with van der Waals surface area (Å²) < 4.78 is 7.28. The van der Waals surface area contributed by atoms with Gasteiger partial charge in [0, 0.05) is 7.05 Å². The molecule has 3 heterocycles. The molecule has 0 unspecified atom stereocenters.